The van der Waals surface area contributed by atoms with Gasteiger partial charge in [-0.05, 0) is 35.9 Å². The maximum atomic E-state index is 12.3. The van der Waals surface area contributed by atoms with Crippen molar-refractivity contribution in [3.63, 3.8) is 0 Å². The lowest BCUT2D eigenvalue weighted by molar-refractivity contribution is -0.124. The Balaban J connectivity index is 2.16. The van der Waals surface area contributed by atoms with Crippen LogP contribution in [-0.2, 0) is 4.79 Å². The molecule has 0 fully saturated rings. The number of hydroxylamine groups is 1. The highest BCUT2D eigenvalue weighted by Gasteiger charge is 2.09. The molecule has 6 nitrogen and oxygen atoms in total. The Kier molecular flexibility index (Phi) is 5.49. The molecule has 2 amide bonds. The van der Waals surface area contributed by atoms with Gasteiger partial charge in [0.05, 0.1) is 12.8 Å². The second kappa shape index (κ2) is 7.77. The van der Waals surface area contributed by atoms with E-state index < -0.39 is 5.91 Å². The quantitative estimate of drug-likeness (QED) is 0.449. The van der Waals surface area contributed by atoms with Gasteiger partial charge in [-0.15, -0.1) is 0 Å². The second-order valence-electron chi connectivity index (χ2n) is 4.59. The van der Waals surface area contributed by atoms with Gasteiger partial charge in [0.25, 0.3) is 11.8 Å². The van der Waals surface area contributed by atoms with Gasteiger partial charge in [0.2, 0.25) is 0 Å². The van der Waals surface area contributed by atoms with Crippen molar-refractivity contribution < 1.29 is 19.5 Å². The summed E-state index contributed by atoms with van der Waals surface area (Å²) in [5, 5.41) is 11.2. The third kappa shape index (κ3) is 4.42. The predicted molar refractivity (Wildman–Crippen MR) is 86.4 cm³/mol. The zero-order valence-corrected chi connectivity index (χ0v) is 12.4. The Labute approximate surface area is 133 Å². The molecule has 0 aliphatic rings. The molecule has 0 aliphatic heterocycles. The van der Waals surface area contributed by atoms with Crippen LogP contribution in [0.25, 0.3) is 6.08 Å². The zero-order valence-electron chi connectivity index (χ0n) is 12.4. The van der Waals surface area contributed by atoms with Crippen molar-refractivity contribution in [3.05, 3.63) is 65.7 Å². The highest BCUT2D eigenvalue weighted by atomic mass is 16.5. The van der Waals surface area contributed by atoms with Crippen molar-refractivity contribution >= 4 is 23.6 Å². The van der Waals surface area contributed by atoms with E-state index in [2.05, 4.69) is 5.32 Å². The van der Waals surface area contributed by atoms with Gasteiger partial charge in [0.1, 0.15) is 5.75 Å². The Morgan fingerprint density at radius 2 is 1.91 bits per heavy atom. The molecule has 0 saturated heterocycles. The number of methoxy groups -OCH3 is 1. The number of carbonyl (C=O) groups excluding carboxylic acids is 2. The molecule has 2 rings (SSSR count). The van der Waals surface area contributed by atoms with Gasteiger partial charge in [-0.3, -0.25) is 14.8 Å². The Hall–Kier alpha value is -3.12. The molecule has 0 saturated carbocycles. The van der Waals surface area contributed by atoms with Crippen molar-refractivity contribution in [2.24, 2.45) is 0 Å². The zero-order chi connectivity index (χ0) is 16.7. The number of hydrogen-bond acceptors (Lipinski definition) is 4. The number of ether oxygens (including phenoxy) is 1. The highest BCUT2D eigenvalue weighted by molar-refractivity contribution is 6.05. The van der Waals surface area contributed by atoms with Crippen LogP contribution in [0.15, 0.2) is 54.6 Å². The summed E-state index contributed by atoms with van der Waals surface area (Å²) >= 11 is 0. The van der Waals surface area contributed by atoms with Crippen molar-refractivity contribution in [1.82, 2.24) is 5.48 Å². The average Bonchev–Trinajstić information content (AvgIpc) is 2.60. The fourth-order valence-electron chi connectivity index (χ4n) is 1.94. The van der Waals surface area contributed by atoms with E-state index in [1.807, 2.05) is 6.07 Å². The summed E-state index contributed by atoms with van der Waals surface area (Å²) in [5.74, 6) is -0.373. The van der Waals surface area contributed by atoms with Gasteiger partial charge >= 0.3 is 0 Å². The first kappa shape index (κ1) is 16.3. The van der Waals surface area contributed by atoms with Crippen LogP contribution < -0.4 is 15.5 Å². The van der Waals surface area contributed by atoms with Crippen LogP contribution in [0, 0.1) is 0 Å². The van der Waals surface area contributed by atoms with Gasteiger partial charge < -0.3 is 10.1 Å². The van der Waals surface area contributed by atoms with E-state index in [0.717, 1.165) is 6.08 Å². The molecule has 0 radical (unpaired) electrons. The maximum absolute atomic E-state index is 12.3. The van der Waals surface area contributed by atoms with Crippen LogP contribution in [0.3, 0.4) is 0 Å². The minimum absolute atomic E-state index is 0.295. The lowest BCUT2D eigenvalue weighted by atomic mass is 10.1. The normalized spacial score (nSPS) is 10.3. The number of benzene rings is 2. The number of amides is 2. The Bertz CT molecular complexity index is 741. The van der Waals surface area contributed by atoms with Crippen LogP contribution in [0.2, 0.25) is 0 Å². The maximum Gasteiger partial charge on any atom is 0.267 e. The summed E-state index contributed by atoms with van der Waals surface area (Å²) in [4.78, 5) is 23.3. The summed E-state index contributed by atoms with van der Waals surface area (Å²) in [6.07, 6.45) is 2.66. The van der Waals surface area contributed by atoms with E-state index in [-0.39, 0.29) is 5.91 Å². The van der Waals surface area contributed by atoms with Crippen LogP contribution in [0.1, 0.15) is 15.9 Å². The molecule has 2 aromatic carbocycles. The molecule has 118 valence electrons. The number of carbonyl (C=O) groups is 2. The number of hydrogen-bond donors (Lipinski definition) is 3. The first-order valence-corrected chi connectivity index (χ1v) is 6.80. The molecule has 0 spiro atoms. The standard InChI is InChI=1S/C17H16N2O4/c1-23-15-8-3-2-7-14(15)18-17(21)13-6-4-5-12(11-13)9-10-16(20)19-22/h2-11,22H,1H3,(H,18,21)(H,19,20)/b10-9+. The van der Waals surface area contributed by atoms with Crippen LogP contribution in [-0.4, -0.2) is 24.1 Å². The Morgan fingerprint density at radius 1 is 1.13 bits per heavy atom. The molecular formula is C17H16N2O4. The molecule has 3 N–H and O–H groups in total. The van der Waals surface area contributed by atoms with Crippen LogP contribution in [0.5, 0.6) is 5.75 Å². The lowest BCUT2D eigenvalue weighted by Crippen LogP contribution is -2.15. The first-order chi connectivity index (χ1) is 11.1. The fraction of sp³-hybridized carbons (Fsp3) is 0.0588. The molecule has 0 atom stereocenters. The molecule has 0 unspecified atom stereocenters. The van der Waals surface area contributed by atoms with Crippen molar-refractivity contribution in [1.29, 1.82) is 0 Å². The van der Waals surface area contributed by atoms with E-state index in [4.69, 9.17) is 9.94 Å². The van der Waals surface area contributed by atoms with E-state index >= 15 is 0 Å². The van der Waals surface area contributed by atoms with Gasteiger partial charge in [-0.1, -0.05) is 24.3 Å². The number of rotatable bonds is 5. The fourth-order valence-corrected chi connectivity index (χ4v) is 1.94. The van der Waals surface area contributed by atoms with E-state index in [9.17, 15) is 9.59 Å². The topological polar surface area (TPSA) is 87.7 Å². The van der Waals surface area contributed by atoms with Gasteiger partial charge in [-0.2, -0.15) is 0 Å². The van der Waals surface area contributed by atoms with Crippen molar-refractivity contribution in [2.45, 2.75) is 0 Å². The Morgan fingerprint density at radius 3 is 2.65 bits per heavy atom. The van der Waals surface area contributed by atoms with Gasteiger partial charge in [-0.25, -0.2) is 5.48 Å². The van der Waals surface area contributed by atoms with Gasteiger partial charge in [0, 0.05) is 11.6 Å². The molecule has 2 aromatic rings. The third-order valence-corrected chi connectivity index (χ3v) is 3.04. The highest BCUT2D eigenvalue weighted by Crippen LogP contribution is 2.23. The first-order valence-electron chi connectivity index (χ1n) is 6.80. The second-order valence-corrected chi connectivity index (χ2v) is 4.59. The molecule has 0 heterocycles. The minimum Gasteiger partial charge on any atom is -0.495 e. The van der Waals surface area contributed by atoms with E-state index in [1.165, 1.54) is 18.7 Å². The van der Waals surface area contributed by atoms with Gasteiger partial charge in [0.15, 0.2) is 0 Å². The number of nitrogens with one attached hydrogen (secondary N) is 2. The summed E-state index contributed by atoms with van der Waals surface area (Å²) < 4.78 is 5.19. The van der Waals surface area contributed by atoms with E-state index in [1.54, 1.807) is 42.5 Å². The van der Waals surface area contributed by atoms with E-state index in [0.29, 0.717) is 22.6 Å². The average molecular weight is 312 g/mol. The summed E-state index contributed by atoms with van der Waals surface area (Å²) in [7, 11) is 1.53. The summed E-state index contributed by atoms with van der Waals surface area (Å²) in [6.45, 7) is 0. The lowest BCUT2D eigenvalue weighted by Gasteiger charge is -2.10. The monoisotopic (exact) mass is 312 g/mol. The molecule has 0 bridgehead atoms. The summed E-state index contributed by atoms with van der Waals surface area (Å²) in [6, 6.07) is 13.8. The third-order valence-electron chi connectivity index (χ3n) is 3.04. The summed E-state index contributed by atoms with van der Waals surface area (Å²) in [5.41, 5.74) is 3.16. The van der Waals surface area contributed by atoms with Crippen LogP contribution in [0.4, 0.5) is 5.69 Å². The van der Waals surface area contributed by atoms with Crippen molar-refractivity contribution in [2.75, 3.05) is 12.4 Å². The largest absolute Gasteiger partial charge is 0.495 e. The molecule has 23 heavy (non-hydrogen) atoms. The molecular weight excluding hydrogens is 296 g/mol. The minimum atomic E-state index is -0.645. The molecule has 6 heteroatoms. The SMILES string of the molecule is COc1ccccc1NC(=O)c1cccc(/C=C/C(=O)NO)c1. The predicted octanol–water partition coefficient (Wildman–Crippen LogP) is 2.47. The number of anilines is 1. The molecule has 0 aromatic heterocycles. The number of para-hydroxylation sites is 2. The van der Waals surface area contributed by atoms with Crippen molar-refractivity contribution in [3.8, 4) is 5.75 Å². The smallest absolute Gasteiger partial charge is 0.267 e. The molecule has 0 aliphatic carbocycles. The van der Waals surface area contributed by atoms with Crippen LogP contribution >= 0.6 is 0 Å².